The van der Waals surface area contributed by atoms with Crippen LogP contribution in [0.3, 0.4) is 0 Å². The molecule has 0 aromatic heterocycles. The lowest BCUT2D eigenvalue weighted by atomic mass is 10.4. The maximum Gasteiger partial charge on any atom is 0.233 e. The van der Waals surface area contributed by atoms with E-state index in [1.165, 1.54) is 0 Å². The third-order valence-electron chi connectivity index (χ3n) is 2.60. The third-order valence-corrected chi connectivity index (χ3v) is 2.60. The first-order valence-electron chi connectivity index (χ1n) is 4.03. The molecule has 1 aliphatic heterocycles. The summed E-state index contributed by atoms with van der Waals surface area (Å²) in [6, 6.07) is 0.423. The predicted octanol–water partition coefficient (Wildman–Crippen LogP) is -1.72. The summed E-state index contributed by atoms with van der Waals surface area (Å²) in [6.07, 6.45) is 0. The molecule has 1 aliphatic carbocycles. The Morgan fingerprint density at radius 1 is 1.55 bits per heavy atom. The molecule has 0 aromatic rings. The maximum atomic E-state index is 10.8. The topological polar surface area (TPSA) is 67.2 Å². The van der Waals surface area contributed by atoms with E-state index < -0.39 is 0 Å². The average Bonchev–Trinajstić information content (AvgIpc) is 2.52. The molecule has 0 aromatic carbocycles. The second kappa shape index (κ2) is 2.46. The van der Waals surface area contributed by atoms with Crippen molar-refractivity contribution in [1.29, 1.82) is 0 Å². The lowest BCUT2D eigenvalue weighted by molar-refractivity contribution is -0.120. The molecule has 0 bridgehead atoms. The number of hydrogen-bond acceptors (Lipinski definition) is 3. The molecule has 2 atom stereocenters. The van der Waals surface area contributed by atoms with E-state index in [0.29, 0.717) is 17.9 Å². The van der Waals surface area contributed by atoms with Crippen molar-refractivity contribution in [3.05, 3.63) is 0 Å². The lowest BCUT2D eigenvalue weighted by Crippen LogP contribution is -2.36. The molecule has 1 saturated carbocycles. The number of nitrogens with two attached hydrogens (primary N) is 1. The first kappa shape index (κ1) is 7.06. The molecular formula is C7H13N3O. The monoisotopic (exact) mass is 155 g/mol. The second-order valence-corrected chi connectivity index (χ2v) is 3.28. The fraction of sp³-hybridized carbons (Fsp3) is 0.857. The maximum absolute atomic E-state index is 10.8. The highest BCUT2D eigenvalue weighted by Crippen LogP contribution is 2.41. The number of hydrogen-bond donors (Lipinski definition) is 3. The van der Waals surface area contributed by atoms with Crippen LogP contribution in [0.2, 0.25) is 0 Å². The van der Waals surface area contributed by atoms with Crippen molar-refractivity contribution in [3.63, 3.8) is 0 Å². The Bertz CT molecular complexity index is 173. The summed E-state index contributed by atoms with van der Waals surface area (Å²) < 4.78 is 0. The molecular weight excluding hydrogens is 142 g/mol. The number of fused-ring (bicyclic) bond motifs is 1. The van der Waals surface area contributed by atoms with Crippen molar-refractivity contribution in [2.24, 2.45) is 17.6 Å². The Kier molecular flexibility index (Phi) is 1.58. The molecule has 1 amide bonds. The molecule has 1 heterocycles. The Morgan fingerprint density at radius 3 is 2.73 bits per heavy atom. The Balaban J connectivity index is 1.79. The van der Waals surface area contributed by atoms with Gasteiger partial charge in [-0.1, -0.05) is 0 Å². The molecule has 4 heteroatoms. The quantitative estimate of drug-likeness (QED) is 0.444. The zero-order chi connectivity index (χ0) is 7.84. The molecule has 0 radical (unpaired) electrons. The summed E-state index contributed by atoms with van der Waals surface area (Å²) in [5.41, 5.74) is 5.17. The fourth-order valence-corrected chi connectivity index (χ4v) is 1.88. The highest BCUT2D eigenvalue weighted by atomic mass is 16.1. The van der Waals surface area contributed by atoms with E-state index in [9.17, 15) is 4.79 Å². The number of carbonyl (C=O) groups is 1. The number of carbonyl (C=O) groups excluding carboxylic acids is 1. The highest BCUT2D eigenvalue weighted by molar-refractivity contribution is 5.78. The Labute approximate surface area is 65.5 Å². The first-order valence-corrected chi connectivity index (χ1v) is 4.03. The molecule has 2 fully saturated rings. The normalized spacial score (nSPS) is 39.9. The van der Waals surface area contributed by atoms with Gasteiger partial charge in [0, 0.05) is 19.1 Å². The van der Waals surface area contributed by atoms with Crippen molar-refractivity contribution in [1.82, 2.24) is 10.6 Å². The molecule has 4 N–H and O–H groups in total. The lowest BCUT2D eigenvalue weighted by Gasteiger charge is -2.05. The van der Waals surface area contributed by atoms with Gasteiger partial charge in [-0.15, -0.1) is 0 Å². The minimum atomic E-state index is -0.0237. The summed E-state index contributed by atoms with van der Waals surface area (Å²) in [6.45, 7) is 2.23. The van der Waals surface area contributed by atoms with E-state index in [2.05, 4.69) is 10.6 Å². The van der Waals surface area contributed by atoms with Crippen LogP contribution in [0.5, 0.6) is 0 Å². The molecule has 2 aliphatic rings. The van der Waals surface area contributed by atoms with Gasteiger partial charge in [0.05, 0.1) is 6.54 Å². The SMILES string of the molecule is NCC(=O)NC1C2CNCC21. The van der Waals surface area contributed by atoms with Crippen LogP contribution >= 0.6 is 0 Å². The van der Waals surface area contributed by atoms with Gasteiger partial charge in [-0.25, -0.2) is 0 Å². The van der Waals surface area contributed by atoms with Crippen LogP contribution in [0.25, 0.3) is 0 Å². The second-order valence-electron chi connectivity index (χ2n) is 3.28. The summed E-state index contributed by atoms with van der Waals surface area (Å²) in [4.78, 5) is 10.8. The number of nitrogens with one attached hydrogen (secondary N) is 2. The minimum absolute atomic E-state index is 0.0237. The highest BCUT2D eigenvalue weighted by Gasteiger charge is 2.53. The number of amides is 1. The van der Waals surface area contributed by atoms with Crippen molar-refractivity contribution in [3.8, 4) is 0 Å². The van der Waals surface area contributed by atoms with Crippen molar-refractivity contribution < 1.29 is 4.79 Å². The summed E-state index contributed by atoms with van der Waals surface area (Å²) >= 11 is 0. The standard InChI is InChI=1S/C7H13N3O/c8-1-6(11)10-7-4-2-9-3-5(4)7/h4-5,7,9H,1-3,8H2,(H,10,11). The van der Waals surface area contributed by atoms with Gasteiger partial charge in [0.25, 0.3) is 0 Å². The van der Waals surface area contributed by atoms with Crippen LogP contribution in [0.1, 0.15) is 0 Å². The number of rotatable bonds is 2. The van der Waals surface area contributed by atoms with E-state index in [1.807, 2.05) is 0 Å². The number of piperidine rings is 1. The summed E-state index contributed by atoms with van der Waals surface area (Å²) in [5, 5.41) is 6.16. The van der Waals surface area contributed by atoms with Gasteiger partial charge in [-0.2, -0.15) is 0 Å². The van der Waals surface area contributed by atoms with Crippen molar-refractivity contribution >= 4 is 5.91 Å². The molecule has 11 heavy (non-hydrogen) atoms. The minimum Gasteiger partial charge on any atom is -0.352 e. The van der Waals surface area contributed by atoms with Crippen LogP contribution in [0.15, 0.2) is 0 Å². The summed E-state index contributed by atoms with van der Waals surface area (Å²) in [5.74, 6) is 1.35. The van der Waals surface area contributed by atoms with Crippen LogP contribution in [-0.4, -0.2) is 31.6 Å². The zero-order valence-electron chi connectivity index (χ0n) is 6.34. The van der Waals surface area contributed by atoms with Gasteiger partial charge in [0.1, 0.15) is 0 Å². The van der Waals surface area contributed by atoms with Gasteiger partial charge in [0.2, 0.25) is 5.91 Å². The zero-order valence-corrected chi connectivity index (χ0v) is 6.34. The van der Waals surface area contributed by atoms with E-state index in [1.54, 1.807) is 0 Å². The predicted molar refractivity (Wildman–Crippen MR) is 40.8 cm³/mol. The fourth-order valence-electron chi connectivity index (χ4n) is 1.88. The van der Waals surface area contributed by atoms with Crippen LogP contribution in [-0.2, 0) is 4.79 Å². The molecule has 2 rings (SSSR count). The van der Waals surface area contributed by atoms with Gasteiger partial charge in [-0.05, 0) is 11.8 Å². The summed E-state index contributed by atoms with van der Waals surface area (Å²) in [7, 11) is 0. The molecule has 62 valence electrons. The third kappa shape index (κ3) is 1.12. The van der Waals surface area contributed by atoms with E-state index in [4.69, 9.17) is 5.73 Å². The van der Waals surface area contributed by atoms with Gasteiger partial charge >= 0.3 is 0 Å². The van der Waals surface area contributed by atoms with Gasteiger partial charge in [-0.3, -0.25) is 4.79 Å². The Hall–Kier alpha value is -0.610. The molecule has 0 spiro atoms. The van der Waals surface area contributed by atoms with E-state index in [-0.39, 0.29) is 12.5 Å². The van der Waals surface area contributed by atoms with Crippen LogP contribution in [0.4, 0.5) is 0 Å². The van der Waals surface area contributed by atoms with Crippen LogP contribution in [0, 0.1) is 11.8 Å². The van der Waals surface area contributed by atoms with Crippen molar-refractivity contribution in [2.45, 2.75) is 6.04 Å². The Morgan fingerprint density at radius 2 is 2.18 bits per heavy atom. The molecule has 1 saturated heterocycles. The van der Waals surface area contributed by atoms with Gasteiger partial charge in [0.15, 0.2) is 0 Å². The van der Waals surface area contributed by atoms with Gasteiger partial charge < -0.3 is 16.4 Å². The molecule has 2 unspecified atom stereocenters. The van der Waals surface area contributed by atoms with Crippen LogP contribution < -0.4 is 16.4 Å². The average molecular weight is 155 g/mol. The van der Waals surface area contributed by atoms with E-state index >= 15 is 0 Å². The van der Waals surface area contributed by atoms with E-state index in [0.717, 1.165) is 13.1 Å². The molecule has 4 nitrogen and oxygen atoms in total. The smallest absolute Gasteiger partial charge is 0.233 e. The largest absolute Gasteiger partial charge is 0.352 e. The van der Waals surface area contributed by atoms with Crippen molar-refractivity contribution in [2.75, 3.05) is 19.6 Å². The first-order chi connectivity index (χ1) is 5.33.